The number of nitrogens with one attached hydrogen (secondary N) is 1. The van der Waals surface area contributed by atoms with Gasteiger partial charge in [0.1, 0.15) is 5.82 Å². The molecule has 1 aromatic carbocycles. The molecule has 2 aromatic rings. The van der Waals surface area contributed by atoms with Crippen LogP contribution in [-0.4, -0.2) is 23.5 Å². The second-order valence-corrected chi connectivity index (χ2v) is 5.45. The van der Waals surface area contributed by atoms with Gasteiger partial charge in [0.25, 0.3) is 0 Å². The van der Waals surface area contributed by atoms with Crippen molar-refractivity contribution in [3.8, 4) is 0 Å². The van der Waals surface area contributed by atoms with E-state index < -0.39 is 0 Å². The lowest BCUT2D eigenvalue weighted by molar-refractivity contribution is -0.105. The van der Waals surface area contributed by atoms with Gasteiger partial charge in [-0.3, -0.25) is 9.79 Å². The summed E-state index contributed by atoms with van der Waals surface area (Å²) in [6.07, 6.45) is 2.35. The molecule has 1 heterocycles. The Bertz CT molecular complexity index is 695. The van der Waals surface area contributed by atoms with E-state index in [1.165, 1.54) is 0 Å². The van der Waals surface area contributed by atoms with Crippen molar-refractivity contribution in [3.05, 3.63) is 42.6 Å². The first-order valence-electron chi connectivity index (χ1n) is 6.04. The fourth-order valence-electron chi connectivity index (χ4n) is 1.74. The first kappa shape index (κ1) is 14.3. The minimum absolute atomic E-state index is 0.536. The molecule has 0 atom stereocenters. The number of thioether (sulfide) groups is 1. The van der Waals surface area contributed by atoms with E-state index in [0.29, 0.717) is 12.2 Å². The zero-order valence-electron chi connectivity index (χ0n) is 11.4. The molecule has 0 fully saturated rings. The number of aromatic nitrogens is 1. The minimum atomic E-state index is 0.536. The van der Waals surface area contributed by atoms with E-state index in [1.807, 2.05) is 31.2 Å². The van der Waals surface area contributed by atoms with Gasteiger partial charge in [0.05, 0.1) is 5.04 Å². The summed E-state index contributed by atoms with van der Waals surface area (Å²) in [5, 5.41) is 5.54. The van der Waals surface area contributed by atoms with E-state index in [1.54, 1.807) is 25.0 Å². The summed E-state index contributed by atoms with van der Waals surface area (Å²) in [6, 6.07) is 7.87. The average molecular weight is 285 g/mol. The molecule has 0 saturated heterocycles. The number of aliphatic imine (C=N–C) groups is 1. The summed E-state index contributed by atoms with van der Waals surface area (Å²) >= 11 is 1.54. The first-order chi connectivity index (χ1) is 9.63. The lowest BCUT2D eigenvalue weighted by atomic mass is 10.1. The molecule has 102 valence electrons. The molecule has 0 aliphatic rings. The summed E-state index contributed by atoms with van der Waals surface area (Å²) < 4.78 is 0. The van der Waals surface area contributed by atoms with Crippen molar-refractivity contribution >= 4 is 44.7 Å². The Hall–Kier alpha value is -2.14. The molecule has 1 amide bonds. The predicted octanol–water partition coefficient (Wildman–Crippen LogP) is 3.56. The van der Waals surface area contributed by atoms with Gasteiger partial charge in [-0.2, -0.15) is 0 Å². The summed E-state index contributed by atoms with van der Waals surface area (Å²) in [7, 11) is 1.76. The second-order valence-electron chi connectivity index (χ2n) is 4.16. The van der Waals surface area contributed by atoms with E-state index in [4.69, 9.17) is 0 Å². The van der Waals surface area contributed by atoms with E-state index in [2.05, 4.69) is 21.9 Å². The molecule has 5 heteroatoms. The van der Waals surface area contributed by atoms with Crippen molar-refractivity contribution < 1.29 is 4.79 Å². The quantitative estimate of drug-likeness (QED) is 0.531. The van der Waals surface area contributed by atoms with Crippen molar-refractivity contribution in [2.45, 2.75) is 6.92 Å². The number of benzene rings is 1. The van der Waals surface area contributed by atoms with Crippen LogP contribution < -0.4 is 5.32 Å². The maximum absolute atomic E-state index is 10.5. The summed E-state index contributed by atoms with van der Waals surface area (Å²) in [5.41, 5.74) is 1.04. The number of nitrogens with zero attached hydrogens (tertiary/aromatic N) is 2. The van der Waals surface area contributed by atoms with Crippen LogP contribution in [0.25, 0.3) is 15.7 Å². The van der Waals surface area contributed by atoms with Crippen molar-refractivity contribution in [1.82, 2.24) is 4.98 Å². The van der Waals surface area contributed by atoms with Gasteiger partial charge >= 0.3 is 0 Å². The van der Waals surface area contributed by atoms with E-state index >= 15 is 0 Å². The highest BCUT2D eigenvalue weighted by atomic mass is 32.2. The summed E-state index contributed by atoms with van der Waals surface area (Å²) in [4.78, 5) is 19.7. The van der Waals surface area contributed by atoms with E-state index in [0.717, 1.165) is 26.3 Å². The van der Waals surface area contributed by atoms with Crippen molar-refractivity contribution in [2.75, 3.05) is 12.4 Å². The number of amides is 1. The molecule has 0 unspecified atom stereocenters. The molecule has 0 spiro atoms. The van der Waals surface area contributed by atoms with Crippen molar-refractivity contribution in [1.29, 1.82) is 0 Å². The van der Waals surface area contributed by atoms with Crippen LogP contribution in [0.2, 0.25) is 0 Å². The molecule has 0 bridgehead atoms. The highest BCUT2D eigenvalue weighted by Crippen LogP contribution is 2.29. The summed E-state index contributed by atoms with van der Waals surface area (Å²) in [5.74, 6) is 0.536. The van der Waals surface area contributed by atoms with Gasteiger partial charge in [0, 0.05) is 23.5 Å². The number of hydrogen-bond donors (Lipinski definition) is 1. The Morgan fingerprint density at radius 2 is 2.20 bits per heavy atom. The van der Waals surface area contributed by atoms with Crippen LogP contribution in [-0.2, 0) is 4.79 Å². The highest BCUT2D eigenvalue weighted by molar-refractivity contribution is 8.21. The van der Waals surface area contributed by atoms with Crippen LogP contribution >= 0.6 is 11.8 Å². The third-order valence-electron chi connectivity index (χ3n) is 2.84. The lowest BCUT2D eigenvalue weighted by Crippen LogP contribution is -1.96. The molecule has 0 aliphatic carbocycles. The monoisotopic (exact) mass is 285 g/mol. The van der Waals surface area contributed by atoms with Gasteiger partial charge in [-0.15, -0.1) is 0 Å². The summed E-state index contributed by atoms with van der Waals surface area (Å²) in [6.45, 7) is 6.02. The number of carbonyl (C=O) groups excluding carboxylic acids is 1. The van der Waals surface area contributed by atoms with E-state index in [9.17, 15) is 4.79 Å². The SMILES string of the molecule is C=C(SC(C)=NC)c1ccc2cnc(NC=O)cc2c1. The molecular formula is C15H15N3OS. The standard InChI is InChI=1S/C15H15N3OS/c1-10(20-11(2)16-3)12-4-5-13-8-17-15(18-9-19)7-14(13)6-12/h4-9H,1H2,2-3H3,(H,17,18,19). The number of rotatable bonds is 4. The van der Waals surface area contributed by atoms with Gasteiger partial charge in [0.2, 0.25) is 6.41 Å². The van der Waals surface area contributed by atoms with E-state index in [-0.39, 0.29) is 0 Å². The number of pyridine rings is 1. The molecular weight excluding hydrogens is 270 g/mol. The van der Waals surface area contributed by atoms with Gasteiger partial charge in [0.15, 0.2) is 0 Å². The zero-order chi connectivity index (χ0) is 14.5. The average Bonchev–Trinajstić information content (AvgIpc) is 2.46. The van der Waals surface area contributed by atoms with Crippen LogP contribution in [0.5, 0.6) is 0 Å². The number of carbonyl (C=O) groups is 1. The van der Waals surface area contributed by atoms with Gasteiger partial charge in [-0.05, 0) is 30.0 Å². The normalized spacial score (nSPS) is 11.4. The molecule has 20 heavy (non-hydrogen) atoms. The van der Waals surface area contributed by atoms with Crippen LogP contribution in [0.3, 0.4) is 0 Å². The lowest BCUT2D eigenvalue weighted by Gasteiger charge is -2.07. The van der Waals surface area contributed by atoms with Crippen LogP contribution in [0.4, 0.5) is 5.82 Å². The Morgan fingerprint density at radius 3 is 2.90 bits per heavy atom. The van der Waals surface area contributed by atoms with Crippen LogP contribution in [0.1, 0.15) is 12.5 Å². The number of fused-ring (bicyclic) bond motifs is 1. The number of anilines is 1. The van der Waals surface area contributed by atoms with Gasteiger partial charge in [-0.25, -0.2) is 4.98 Å². The Kier molecular flexibility index (Phi) is 4.53. The molecule has 4 nitrogen and oxygen atoms in total. The van der Waals surface area contributed by atoms with Crippen molar-refractivity contribution in [3.63, 3.8) is 0 Å². The molecule has 0 saturated carbocycles. The molecule has 0 aliphatic heterocycles. The molecule has 2 rings (SSSR count). The molecule has 0 radical (unpaired) electrons. The maximum Gasteiger partial charge on any atom is 0.212 e. The van der Waals surface area contributed by atoms with Crippen LogP contribution in [0, 0.1) is 0 Å². The van der Waals surface area contributed by atoms with Gasteiger partial charge < -0.3 is 5.32 Å². The van der Waals surface area contributed by atoms with Crippen molar-refractivity contribution in [2.24, 2.45) is 4.99 Å². The molecule has 1 aromatic heterocycles. The smallest absolute Gasteiger partial charge is 0.212 e. The fraction of sp³-hybridized carbons (Fsp3) is 0.133. The largest absolute Gasteiger partial charge is 0.313 e. The zero-order valence-corrected chi connectivity index (χ0v) is 12.2. The third-order valence-corrected chi connectivity index (χ3v) is 3.80. The third kappa shape index (κ3) is 3.24. The second kappa shape index (κ2) is 6.34. The Balaban J connectivity index is 2.36. The predicted molar refractivity (Wildman–Crippen MR) is 87.1 cm³/mol. The topological polar surface area (TPSA) is 54.4 Å². The highest BCUT2D eigenvalue weighted by Gasteiger charge is 2.04. The minimum Gasteiger partial charge on any atom is -0.313 e. The Morgan fingerprint density at radius 1 is 1.40 bits per heavy atom. The maximum atomic E-state index is 10.5. The van der Waals surface area contributed by atoms with Crippen LogP contribution in [0.15, 0.2) is 42.0 Å². The molecule has 1 N–H and O–H groups in total. The first-order valence-corrected chi connectivity index (χ1v) is 6.86. The Labute approximate surface area is 122 Å². The van der Waals surface area contributed by atoms with Gasteiger partial charge in [-0.1, -0.05) is 30.5 Å². The fourth-order valence-corrected chi connectivity index (χ4v) is 2.43. The number of hydrogen-bond acceptors (Lipinski definition) is 4.